The largest absolute Gasteiger partial charge is 0.490 e. The van der Waals surface area contributed by atoms with Gasteiger partial charge < -0.3 is 19.3 Å². The summed E-state index contributed by atoms with van der Waals surface area (Å²) in [5, 5.41) is 6.75. The Morgan fingerprint density at radius 1 is 1.27 bits per heavy atom. The predicted octanol–water partition coefficient (Wildman–Crippen LogP) is 2.96. The number of fused-ring (bicyclic) bond motifs is 1. The van der Waals surface area contributed by atoms with Gasteiger partial charge >= 0.3 is 0 Å². The lowest BCUT2D eigenvalue weighted by molar-refractivity contribution is 0.102. The van der Waals surface area contributed by atoms with Gasteiger partial charge in [-0.2, -0.15) is 0 Å². The minimum atomic E-state index is -0.231. The molecule has 0 fully saturated rings. The summed E-state index contributed by atoms with van der Waals surface area (Å²) < 4.78 is 16.3. The third kappa shape index (κ3) is 2.77. The maximum Gasteiger partial charge on any atom is 0.261 e. The molecular weight excluding hydrogens is 284 g/mol. The average Bonchev–Trinajstić information content (AvgIpc) is 2.74. The average molecular weight is 302 g/mol. The molecule has 0 atom stereocenters. The molecule has 1 aromatic heterocycles. The normalized spacial score (nSPS) is 13.5. The second kappa shape index (κ2) is 6.09. The fraction of sp³-hybridized carbons (Fsp3) is 0.375. The van der Waals surface area contributed by atoms with Crippen molar-refractivity contribution in [1.82, 2.24) is 5.16 Å². The number of carbonyl (C=O) groups excluding carboxylic acids is 1. The summed E-state index contributed by atoms with van der Waals surface area (Å²) in [7, 11) is 0. The highest BCUT2D eigenvalue weighted by Crippen LogP contribution is 2.32. The number of ether oxygens (including phenoxy) is 2. The lowest BCUT2D eigenvalue weighted by Gasteiger charge is -2.10. The maximum atomic E-state index is 12.4. The molecule has 6 heteroatoms. The third-order valence-electron chi connectivity index (χ3n) is 3.50. The molecule has 1 aromatic carbocycles. The second-order valence-electron chi connectivity index (χ2n) is 5.08. The van der Waals surface area contributed by atoms with Crippen molar-refractivity contribution in [2.75, 3.05) is 18.5 Å². The van der Waals surface area contributed by atoms with Crippen LogP contribution in [-0.4, -0.2) is 24.3 Å². The summed E-state index contributed by atoms with van der Waals surface area (Å²) in [5.74, 6) is 1.63. The van der Waals surface area contributed by atoms with Crippen molar-refractivity contribution in [3.63, 3.8) is 0 Å². The topological polar surface area (TPSA) is 73.6 Å². The van der Waals surface area contributed by atoms with E-state index in [9.17, 15) is 4.79 Å². The molecule has 2 heterocycles. The number of rotatable bonds is 3. The van der Waals surface area contributed by atoms with Crippen LogP contribution in [0.4, 0.5) is 5.69 Å². The van der Waals surface area contributed by atoms with E-state index < -0.39 is 0 Å². The summed E-state index contributed by atoms with van der Waals surface area (Å²) in [6, 6.07) is 5.37. The first kappa shape index (κ1) is 14.4. The van der Waals surface area contributed by atoms with Crippen molar-refractivity contribution in [3.05, 3.63) is 35.2 Å². The number of anilines is 1. The van der Waals surface area contributed by atoms with Gasteiger partial charge in [-0.05, 0) is 25.5 Å². The molecule has 0 spiro atoms. The molecule has 1 aliphatic rings. The summed E-state index contributed by atoms with van der Waals surface area (Å²) in [5.41, 5.74) is 1.80. The number of nitrogens with zero attached hydrogens (tertiary/aromatic N) is 1. The summed E-state index contributed by atoms with van der Waals surface area (Å²) in [6.07, 6.45) is 1.48. The summed E-state index contributed by atoms with van der Waals surface area (Å²) in [4.78, 5) is 12.4. The van der Waals surface area contributed by atoms with Crippen molar-refractivity contribution < 1.29 is 18.8 Å². The van der Waals surface area contributed by atoms with Gasteiger partial charge in [-0.1, -0.05) is 12.1 Å². The van der Waals surface area contributed by atoms with E-state index in [0.29, 0.717) is 53.8 Å². The Labute approximate surface area is 128 Å². The van der Waals surface area contributed by atoms with E-state index in [0.717, 1.165) is 6.42 Å². The molecule has 0 unspecified atom stereocenters. The molecule has 1 amide bonds. The van der Waals surface area contributed by atoms with Crippen LogP contribution in [0.2, 0.25) is 0 Å². The van der Waals surface area contributed by atoms with Crippen LogP contribution in [0.5, 0.6) is 11.5 Å². The van der Waals surface area contributed by atoms with E-state index in [1.54, 1.807) is 25.1 Å². The Kier molecular flexibility index (Phi) is 4.00. The minimum Gasteiger partial charge on any atom is -0.490 e. The van der Waals surface area contributed by atoms with Gasteiger partial charge in [0.2, 0.25) is 0 Å². The molecule has 0 saturated heterocycles. The molecule has 3 rings (SSSR count). The quantitative estimate of drug-likeness (QED) is 0.943. The third-order valence-corrected chi connectivity index (χ3v) is 3.50. The second-order valence-corrected chi connectivity index (χ2v) is 5.08. The summed E-state index contributed by atoms with van der Waals surface area (Å²) >= 11 is 0. The van der Waals surface area contributed by atoms with Crippen LogP contribution in [-0.2, 0) is 6.42 Å². The summed E-state index contributed by atoms with van der Waals surface area (Å²) in [6.45, 7) is 4.91. The van der Waals surface area contributed by atoms with Gasteiger partial charge in [0.1, 0.15) is 11.3 Å². The van der Waals surface area contributed by atoms with Crippen molar-refractivity contribution in [1.29, 1.82) is 0 Å². The van der Waals surface area contributed by atoms with E-state index in [1.165, 1.54) is 0 Å². The number of hydrogen-bond acceptors (Lipinski definition) is 5. The van der Waals surface area contributed by atoms with Crippen LogP contribution >= 0.6 is 0 Å². The highest BCUT2D eigenvalue weighted by molar-refractivity contribution is 6.05. The number of hydrogen-bond donors (Lipinski definition) is 1. The van der Waals surface area contributed by atoms with Gasteiger partial charge in [0.25, 0.3) is 5.91 Å². The molecule has 0 saturated carbocycles. The van der Waals surface area contributed by atoms with Crippen LogP contribution in [0, 0.1) is 6.92 Å². The Hall–Kier alpha value is -2.50. The van der Waals surface area contributed by atoms with E-state index in [1.807, 2.05) is 6.92 Å². The predicted molar refractivity (Wildman–Crippen MR) is 80.6 cm³/mol. The van der Waals surface area contributed by atoms with Crippen LogP contribution in [0.25, 0.3) is 0 Å². The fourth-order valence-electron chi connectivity index (χ4n) is 2.38. The Morgan fingerprint density at radius 2 is 2.05 bits per heavy atom. The maximum absolute atomic E-state index is 12.4. The molecule has 22 heavy (non-hydrogen) atoms. The van der Waals surface area contributed by atoms with Gasteiger partial charge in [-0.15, -0.1) is 0 Å². The number of aryl methyl sites for hydroxylation is 2. The Morgan fingerprint density at radius 3 is 2.82 bits per heavy atom. The number of amides is 1. The van der Waals surface area contributed by atoms with Gasteiger partial charge in [0, 0.05) is 18.2 Å². The van der Waals surface area contributed by atoms with Crippen molar-refractivity contribution in [3.8, 4) is 11.5 Å². The smallest absolute Gasteiger partial charge is 0.261 e. The molecular formula is C16H18N2O4. The molecule has 0 aliphatic carbocycles. The Bertz CT molecular complexity index is 693. The van der Waals surface area contributed by atoms with Gasteiger partial charge in [0.05, 0.1) is 18.9 Å². The first-order valence-electron chi connectivity index (χ1n) is 7.35. The van der Waals surface area contributed by atoms with Crippen LogP contribution in [0.1, 0.15) is 35.2 Å². The highest BCUT2D eigenvalue weighted by atomic mass is 16.5. The van der Waals surface area contributed by atoms with E-state index in [-0.39, 0.29) is 5.91 Å². The monoisotopic (exact) mass is 302 g/mol. The van der Waals surface area contributed by atoms with Crippen molar-refractivity contribution >= 4 is 11.6 Å². The zero-order valence-electron chi connectivity index (χ0n) is 12.6. The van der Waals surface area contributed by atoms with Gasteiger partial charge in [-0.25, -0.2) is 0 Å². The first-order valence-corrected chi connectivity index (χ1v) is 7.35. The lowest BCUT2D eigenvalue weighted by atomic mass is 10.1. The number of benzene rings is 1. The molecule has 0 radical (unpaired) electrons. The van der Waals surface area contributed by atoms with Gasteiger partial charge in [-0.3, -0.25) is 4.79 Å². The van der Waals surface area contributed by atoms with Crippen LogP contribution in [0.3, 0.4) is 0 Å². The first-order chi connectivity index (χ1) is 10.7. The number of carbonyl (C=O) groups is 1. The zero-order valence-corrected chi connectivity index (χ0v) is 12.6. The van der Waals surface area contributed by atoms with Crippen molar-refractivity contribution in [2.24, 2.45) is 0 Å². The molecule has 2 aromatic rings. The molecule has 116 valence electrons. The van der Waals surface area contributed by atoms with E-state index in [4.69, 9.17) is 14.0 Å². The standard InChI is InChI=1S/C16H18N2O4/c1-3-12-15(10(2)22-18-12)16(19)17-11-5-6-13-14(9-11)21-8-4-7-20-13/h5-6,9H,3-4,7-8H2,1-2H3,(H,17,19). The molecule has 6 nitrogen and oxygen atoms in total. The Balaban J connectivity index is 1.82. The van der Waals surface area contributed by atoms with Gasteiger partial charge in [0.15, 0.2) is 11.5 Å². The lowest BCUT2D eigenvalue weighted by Crippen LogP contribution is -2.14. The molecule has 0 bridgehead atoms. The van der Waals surface area contributed by atoms with E-state index >= 15 is 0 Å². The van der Waals surface area contributed by atoms with E-state index in [2.05, 4.69) is 10.5 Å². The number of aromatic nitrogens is 1. The minimum absolute atomic E-state index is 0.231. The van der Waals surface area contributed by atoms with Crippen LogP contribution in [0.15, 0.2) is 22.7 Å². The highest BCUT2D eigenvalue weighted by Gasteiger charge is 2.20. The molecule has 1 N–H and O–H groups in total. The molecule has 1 aliphatic heterocycles. The fourth-order valence-corrected chi connectivity index (χ4v) is 2.38. The zero-order chi connectivity index (χ0) is 15.5. The number of nitrogens with one attached hydrogen (secondary N) is 1. The van der Waals surface area contributed by atoms with Crippen molar-refractivity contribution in [2.45, 2.75) is 26.7 Å². The van der Waals surface area contributed by atoms with Crippen LogP contribution < -0.4 is 14.8 Å². The SMILES string of the molecule is CCc1noc(C)c1C(=O)Nc1ccc2c(c1)OCCCO2.